The molecule has 2 heteroatoms. The van der Waals surface area contributed by atoms with Crippen LogP contribution in [0.1, 0.15) is 31.4 Å². The Morgan fingerprint density at radius 1 is 1.33 bits per heavy atom. The van der Waals surface area contributed by atoms with Gasteiger partial charge in [-0.1, -0.05) is 6.07 Å². The summed E-state index contributed by atoms with van der Waals surface area (Å²) >= 11 is 0. The average molecular weight is 205 g/mol. The van der Waals surface area contributed by atoms with E-state index in [4.69, 9.17) is 4.74 Å². The summed E-state index contributed by atoms with van der Waals surface area (Å²) in [6, 6.07) is 4.34. The molecule has 0 bridgehead atoms. The maximum absolute atomic E-state index is 5.42. The molecule has 0 radical (unpaired) electrons. The first-order valence-electron chi connectivity index (χ1n) is 5.47. The molecular formula is C13H19NO. The number of rotatable bonds is 1. The van der Waals surface area contributed by atoms with Crippen molar-refractivity contribution in [3.8, 4) is 5.75 Å². The van der Waals surface area contributed by atoms with E-state index in [-0.39, 0.29) is 5.54 Å². The number of benzene rings is 1. The van der Waals surface area contributed by atoms with Crippen molar-refractivity contribution in [1.82, 2.24) is 0 Å². The molecule has 0 atom stereocenters. The molecule has 1 N–H and O–H groups in total. The van der Waals surface area contributed by atoms with Gasteiger partial charge in [0.15, 0.2) is 0 Å². The van der Waals surface area contributed by atoms with E-state index < -0.39 is 0 Å². The Balaban J connectivity index is 2.48. The third kappa shape index (κ3) is 1.94. The summed E-state index contributed by atoms with van der Waals surface area (Å²) in [7, 11) is 1.73. The van der Waals surface area contributed by atoms with E-state index in [0.717, 1.165) is 12.2 Å². The van der Waals surface area contributed by atoms with Crippen LogP contribution in [0.5, 0.6) is 5.75 Å². The van der Waals surface area contributed by atoms with Crippen LogP contribution < -0.4 is 10.1 Å². The van der Waals surface area contributed by atoms with Gasteiger partial charge in [-0.2, -0.15) is 0 Å². The maximum atomic E-state index is 5.42. The number of hydrogen-bond donors (Lipinski definition) is 1. The first kappa shape index (κ1) is 10.3. The molecule has 1 aliphatic heterocycles. The van der Waals surface area contributed by atoms with Crippen LogP contribution in [0, 0.1) is 6.92 Å². The normalized spacial score (nSPS) is 17.9. The largest absolute Gasteiger partial charge is 0.495 e. The first-order chi connectivity index (χ1) is 7.02. The lowest BCUT2D eigenvalue weighted by atomic mass is 9.88. The predicted molar refractivity (Wildman–Crippen MR) is 63.8 cm³/mol. The van der Waals surface area contributed by atoms with Gasteiger partial charge in [-0.25, -0.2) is 0 Å². The molecule has 0 saturated heterocycles. The van der Waals surface area contributed by atoms with Crippen molar-refractivity contribution in [3.05, 3.63) is 23.3 Å². The zero-order chi connectivity index (χ0) is 11.1. The van der Waals surface area contributed by atoms with Gasteiger partial charge < -0.3 is 10.1 Å². The van der Waals surface area contributed by atoms with Crippen LogP contribution in [-0.4, -0.2) is 12.6 Å². The minimum absolute atomic E-state index is 0.176. The molecule has 0 amide bonds. The standard InChI is InChI=1S/C13H19NO/c1-9-7-10-5-6-13(2,3)14-12(10)11(8-9)15-4/h7-8,14H,5-6H2,1-4H3. The lowest BCUT2D eigenvalue weighted by molar-refractivity contribution is 0.409. The second kappa shape index (κ2) is 3.44. The molecule has 1 aliphatic rings. The van der Waals surface area contributed by atoms with E-state index in [0.29, 0.717) is 0 Å². The van der Waals surface area contributed by atoms with E-state index in [9.17, 15) is 0 Å². The van der Waals surface area contributed by atoms with Crippen molar-refractivity contribution >= 4 is 5.69 Å². The number of hydrogen-bond acceptors (Lipinski definition) is 2. The van der Waals surface area contributed by atoms with Crippen molar-refractivity contribution in [2.45, 2.75) is 39.2 Å². The van der Waals surface area contributed by atoms with E-state index >= 15 is 0 Å². The molecule has 15 heavy (non-hydrogen) atoms. The highest BCUT2D eigenvalue weighted by molar-refractivity contribution is 5.66. The quantitative estimate of drug-likeness (QED) is 0.760. The van der Waals surface area contributed by atoms with Crippen LogP contribution >= 0.6 is 0 Å². The van der Waals surface area contributed by atoms with Crippen LogP contribution in [0.2, 0.25) is 0 Å². The summed E-state index contributed by atoms with van der Waals surface area (Å²) in [5, 5.41) is 3.56. The molecule has 0 spiro atoms. The van der Waals surface area contributed by atoms with E-state index in [1.807, 2.05) is 0 Å². The van der Waals surface area contributed by atoms with Crippen LogP contribution in [-0.2, 0) is 6.42 Å². The van der Waals surface area contributed by atoms with Gasteiger partial charge in [0.25, 0.3) is 0 Å². The van der Waals surface area contributed by atoms with Crippen LogP contribution in [0.4, 0.5) is 5.69 Å². The Hall–Kier alpha value is -1.18. The smallest absolute Gasteiger partial charge is 0.142 e. The Kier molecular flexibility index (Phi) is 2.37. The predicted octanol–water partition coefficient (Wildman–Crippen LogP) is 3.14. The molecule has 0 aromatic heterocycles. The second-order valence-corrected chi connectivity index (χ2v) is 5.01. The van der Waals surface area contributed by atoms with Gasteiger partial charge in [0.05, 0.1) is 12.8 Å². The fourth-order valence-corrected chi connectivity index (χ4v) is 2.17. The lowest BCUT2D eigenvalue weighted by Gasteiger charge is -2.34. The average Bonchev–Trinajstić information content (AvgIpc) is 2.17. The minimum atomic E-state index is 0.176. The molecular weight excluding hydrogens is 186 g/mol. The summed E-state index contributed by atoms with van der Waals surface area (Å²) in [4.78, 5) is 0. The molecule has 1 aromatic carbocycles. The number of ether oxygens (including phenoxy) is 1. The molecule has 82 valence electrons. The molecule has 0 unspecified atom stereocenters. The van der Waals surface area contributed by atoms with Crippen molar-refractivity contribution in [2.75, 3.05) is 12.4 Å². The van der Waals surface area contributed by atoms with Gasteiger partial charge in [0, 0.05) is 5.54 Å². The topological polar surface area (TPSA) is 21.3 Å². The van der Waals surface area contributed by atoms with Crippen LogP contribution in [0.25, 0.3) is 0 Å². The third-order valence-electron chi connectivity index (χ3n) is 3.03. The van der Waals surface area contributed by atoms with Crippen LogP contribution in [0.3, 0.4) is 0 Å². The van der Waals surface area contributed by atoms with E-state index in [1.165, 1.54) is 23.2 Å². The molecule has 1 aromatic rings. The van der Waals surface area contributed by atoms with Crippen molar-refractivity contribution in [3.63, 3.8) is 0 Å². The fourth-order valence-electron chi connectivity index (χ4n) is 2.17. The monoisotopic (exact) mass is 205 g/mol. The molecule has 2 rings (SSSR count). The molecule has 1 heterocycles. The maximum Gasteiger partial charge on any atom is 0.142 e. The summed E-state index contributed by atoms with van der Waals surface area (Å²) in [6.45, 7) is 6.58. The number of fused-ring (bicyclic) bond motifs is 1. The number of methoxy groups -OCH3 is 1. The fraction of sp³-hybridized carbons (Fsp3) is 0.538. The Morgan fingerprint density at radius 3 is 2.73 bits per heavy atom. The SMILES string of the molecule is COc1cc(C)cc2c1NC(C)(C)CC2. The zero-order valence-corrected chi connectivity index (χ0v) is 9.98. The molecule has 0 fully saturated rings. The minimum Gasteiger partial charge on any atom is -0.495 e. The summed E-state index contributed by atoms with van der Waals surface area (Å²) in [6.07, 6.45) is 2.31. The van der Waals surface area contributed by atoms with Gasteiger partial charge in [-0.05, 0) is 50.8 Å². The summed E-state index contributed by atoms with van der Waals surface area (Å²) in [5.41, 5.74) is 4.01. The van der Waals surface area contributed by atoms with Gasteiger partial charge >= 0.3 is 0 Å². The third-order valence-corrected chi connectivity index (χ3v) is 3.03. The summed E-state index contributed by atoms with van der Waals surface area (Å²) < 4.78 is 5.42. The van der Waals surface area contributed by atoms with Crippen LogP contribution in [0.15, 0.2) is 12.1 Å². The van der Waals surface area contributed by atoms with Gasteiger partial charge in [-0.3, -0.25) is 0 Å². The second-order valence-electron chi connectivity index (χ2n) is 5.01. The van der Waals surface area contributed by atoms with Gasteiger partial charge in [0.1, 0.15) is 5.75 Å². The zero-order valence-electron chi connectivity index (χ0n) is 9.98. The number of anilines is 1. The molecule has 2 nitrogen and oxygen atoms in total. The highest BCUT2D eigenvalue weighted by atomic mass is 16.5. The number of aryl methyl sites for hydroxylation is 2. The Morgan fingerprint density at radius 2 is 2.07 bits per heavy atom. The number of nitrogens with one attached hydrogen (secondary N) is 1. The lowest BCUT2D eigenvalue weighted by Crippen LogP contribution is -2.35. The van der Waals surface area contributed by atoms with Crippen molar-refractivity contribution in [2.24, 2.45) is 0 Å². The van der Waals surface area contributed by atoms with Crippen molar-refractivity contribution < 1.29 is 4.74 Å². The van der Waals surface area contributed by atoms with Gasteiger partial charge in [0.2, 0.25) is 0 Å². The van der Waals surface area contributed by atoms with Crippen molar-refractivity contribution in [1.29, 1.82) is 0 Å². The Labute approximate surface area is 91.6 Å². The highest BCUT2D eigenvalue weighted by Gasteiger charge is 2.26. The first-order valence-corrected chi connectivity index (χ1v) is 5.47. The summed E-state index contributed by atoms with van der Waals surface area (Å²) in [5.74, 6) is 0.970. The van der Waals surface area contributed by atoms with Gasteiger partial charge in [-0.15, -0.1) is 0 Å². The highest BCUT2D eigenvalue weighted by Crippen LogP contribution is 2.38. The van der Waals surface area contributed by atoms with E-state index in [1.54, 1.807) is 7.11 Å². The molecule has 0 aliphatic carbocycles. The molecule has 0 saturated carbocycles. The Bertz CT molecular complexity index is 365. The van der Waals surface area contributed by atoms with E-state index in [2.05, 4.69) is 38.2 Å².